The Kier molecular flexibility index (Phi) is 6.37. The lowest BCUT2D eigenvalue weighted by atomic mass is 10.1. The van der Waals surface area contributed by atoms with Gasteiger partial charge in [0.25, 0.3) is 0 Å². The van der Waals surface area contributed by atoms with E-state index in [1.807, 2.05) is 23.1 Å². The first kappa shape index (κ1) is 13.1. The zero-order valence-corrected chi connectivity index (χ0v) is 11.2. The van der Waals surface area contributed by atoms with Gasteiger partial charge in [-0.2, -0.15) is 11.8 Å². The van der Waals surface area contributed by atoms with E-state index in [0.29, 0.717) is 11.3 Å². The van der Waals surface area contributed by atoms with Crippen LogP contribution in [0.3, 0.4) is 0 Å². The summed E-state index contributed by atoms with van der Waals surface area (Å²) in [6, 6.07) is 4.63. The number of hydrogen-bond acceptors (Lipinski definition) is 3. The molecule has 1 nitrogen and oxygen atoms in total. The molecule has 1 rings (SSSR count). The van der Waals surface area contributed by atoms with E-state index in [-0.39, 0.29) is 0 Å². The van der Waals surface area contributed by atoms with Gasteiger partial charge in [-0.1, -0.05) is 26.3 Å². The van der Waals surface area contributed by atoms with Gasteiger partial charge in [-0.3, -0.25) is 0 Å². The molecule has 1 heterocycles. The Bertz CT molecular complexity index is 246. The summed E-state index contributed by atoms with van der Waals surface area (Å²) in [6.07, 6.45) is 3.62. The molecule has 1 aromatic rings. The minimum absolute atomic E-state index is 0.297. The number of thioether (sulfide) groups is 1. The maximum Gasteiger partial charge on any atom is 0.0542 e. The summed E-state index contributed by atoms with van der Waals surface area (Å²) in [5.41, 5.74) is 6.18. The minimum atomic E-state index is 0.297. The van der Waals surface area contributed by atoms with Gasteiger partial charge in [0.15, 0.2) is 0 Å². The molecule has 0 saturated carbocycles. The summed E-state index contributed by atoms with van der Waals surface area (Å²) in [4.78, 5) is 1.44. The van der Waals surface area contributed by atoms with Crippen LogP contribution in [-0.4, -0.2) is 11.8 Å². The van der Waals surface area contributed by atoms with Crippen molar-refractivity contribution in [3.63, 3.8) is 0 Å². The molecule has 3 heteroatoms. The second-order valence-corrected chi connectivity index (χ2v) is 5.96. The maximum atomic E-state index is 6.18. The van der Waals surface area contributed by atoms with Crippen LogP contribution in [0.1, 0.15) is 43.2 Å². The summed E-state index contributed by atoms with van der Waals surface area (Å²) in [6.45, 7) is 4.41. The van der Waals surface area contributed by atoms with Crippen molar-refractivity contribution in [2.45, 2.75) is 44.4 Å². The third-order valence-corrected chi connectivity index (χ3v) is 5.07. The number of thiophene rings is 1. The van der Waals surface area contributed by atoms with Crippen LogP contribution in [-0.2, 0) is 0 Å². The normalized spacial score (nSPS) is 15.1. The molecule has 1 aromatic heterocycles. The SMILES string of the molecule is CCCCSC(c1cccs1)C(N)CC. The fourth-order valence-corrected chi connectivity index (χ4v) is 3.98. The molecule has 86 valence electrons. The van der Waals surface area contributed by atoms with Crippen molar-refractivity contribution in [3.05, 3.63) is 22.4 Å². The molecule has 15 heavy (non-hydrogen) atoms. The first-order valence-electron chi connectivity index (χ1n) is 5.70. The van der Waals surface area contributed by atoms with Crippen molar-refractivity contribution in [1.29, 1.82) is 0 Å². The third-order valence-electron chi connectivity index (χ3n) is 2.48. The topological polar surface area (TPSA) is 26.0 Å². The molecular formula is C12H21NS2. The Morgan fingerprint density at radius 3 is 2.80 bits per heavy atom. The molecule has 2 unspecified atom stereocenters. The Hall–Kier alpha value is 0.01000. The van der Waals surface area contributed by atoms with Crippen molar-refractivity contribution in [1.82, 2.24) is 0 Å². The molecule has 0 aromatic carbocycles. The van der Waals surface area contributed by atoms with E-state index >= 15 is 0 Å². The summed E-state index contributed by atoms with van der Waals surface area (Å²) in [5, 5.41) is 2.65. The largest absolute Gasteiger partial charge is 0.326 e. The molecule has 0 saturated heterocycles. The van der Waals surface area contributed by atoms with Crippen LogP contribution < -0.4 is 5.73 Å². The van der Waals surface area contributed by atoms with Crippen LogP contribution in [0.2, 0.25) is 0 Å². The van der Waals surface area contributed by atoms with Crippen LogP contribution in [0, 0.1) is 0 Å². The maximum absolute atomic E-state index is 6.18. The highest BCUT2D eigenvalue weighted by Gasteiger charge is 2.19. The molecule has 2 atom stereocenters. The molecule has 0 aliphatic rings. The molecule has 0 amide bonds. The van der Waals surface area contributed by atoms with Crippen molar-refractivity contribution in [3.8, 4) is 0 Å². The lowest BCUT2D eigenvalue weighted by Crippen LogP contribution is -2.25. The zero-order valence-electron chi connectivity index (χ0n) is 9.61. The molecule has 2 N–H and O–H groups in total. The second kappa shape index (κ2) is 7.31. The smallest absolute Gasteiger partial charge is 0.0542 e. The lowest BCUT2D eigenvalue weighted by Gasteiger charge is -2.21. The lowest BCUT2D eigenvalue weighted by molar-refractivity contribution is 0.639. The highest BCUT2D eigenvalue weighted by Crippen LogP contribution is 2.35. The van der Waals surface area contributed by atoms with Gasteiger partial charge in [0, 0.05) is 10.9 Å². The molecular weight excluding hydrogens is 222 g/mol. The van der Waals surface area contributed by atoms with Gasteiger partial charge in [-0.25, -0.2) is 0 Å². The molecule has 0 bridgehead atoms. The predicted octanol–water partition coefficient (Wildman–Crippen LogP) is 4.06. The molecule has 0 aliphatic heterocycles. The first-order chi connectivity index (χ1) is 7.29. The Morgan fingerprint density at radius 2 is 2.27 bits per heavy atom. The predicted molar refractivity (Wildman–Crippen MR) is 72.7 cm³/mol. The van der Waals surface area contributed by atoms with Crippen molar-refractivity contribution in [2.75, 3.05) is 5.75 Å². The van der Waals surface area contributed by atoms with Crippen LogP contribution in [0.25, 0.3) is 0 Å². The summed E-state index contributed by atoms with van der Waals surface area (Å²) >= 11 is 3.85. The van der Waals surface area contributed by atoms with Crippen LogP contribution in [0.5, 0.6) is 0 Å². The average Bonchev–Trinajstić information content (AvgIpc) is 2.77. The van der Waals surface area contributed by atoms with Gasteiger partial charge in [-0.15, -0.1) is 11.3 Å². The summed E-state index contributed by atoms with van der Waals surface area (Å²) in [5.74, 6) is 1.23. The summed E-state index contributed by atoms with van der Waals surface area (Å²) in [7, 11) is 0. The second-order valence-electron chi connectivity index (χ2n) is 3.73. The first-order valence-corrected chi connectivity index (χ1v) is 7.63. The fraction of sp³-hybridized carbons (Fsp3) is 0.667. The minimum Gasteiger partial charge on any atom is -0.326 e. The molecule has 0 radical (unpaired) electrons. The highest BCUT2D eigenvalue weighted by molar-refractivity contribution is 7.99. The van der Waals surface area contributed by atoms with Crippen LogP contribution >= 0.6 is 23.1 Å². The van der Waals surface area contributed by atoms with E-state index in [9.17, 15) is 0 Å². The van der Waals surface area contributed by atoms with Gasteiger partial charge in [0.2, 0.25) is 0 Å². The van der Waals surface area contributed by atoms with Crippen molar-refractivity contribution in [2.24, 2.45) is 5.73 Å². The van der Waals surface area contributed by atoms with Gasteiger partial charge in [0.1, 0.15) is 0 Å². The fourth-order valence-electron chi connectivity index (χ4n) is 1.44. The molecule has 0 aliphatic carbocycles. The van der Waals surface area contributed by atoms with Crippen molar-refractivity contribution < 1.29 is 0 Å². The van der Waals surface area contributed by atoms with E-state index < -0.39 is 0 Å². The summed E-state index contributed by atoms with van der Waals surface area (Å²) < 4.78 is 0. The Labute approximate surface area is 101 Å². The number of unbranched alkanes of at least 4 members (excludes halogenated alkanes) is 1. The quantitative estimate of drug-likeness (QED) is 0.731. The van der Waals surface area contributed by atoms with Crippen molar-refractivity contribution >= 4 is 23.1 Å². The number of nitrogens with two attached hydrogens (primary N) is 1. The van der Waals surface area contributed by atoms with Gasteiger partial charge >= 0.3 is 0 Å². The molecule has 0 spiro atoms. The van der Waals surface area contributed by atoms with Gasteiger partial charge < -0.3 is 5.73 Å². The van der Waals surface area contributed by atoms with E-state index in [0.717, 1.165) is 6.42 Å². The van der Waals surface area contributed by atoms with E-state index in [1.54, 1.807) is 0 Å². The molecule has 0 fully saturated rings. The van der Waals surface area contributed by atoms with Crippen LogP contribution in [0.4, 0.5) is 0 Å². The average molecular weight is 243 g/mol. The highest BCUT2D eigenvalue weighted by atomic mass is 32.2. The van der Waals surface area contributed by atoms with Gasteiger partial charge in [-0.05, 0) is 30.0 Å². The number of hydrogen-bond donors (Lipinski definition) is 1. The monoisotopic (exact) mass is 243 g/mol. The standard InChI is InChI=1S/C12H21NS2/c1-3-5-8-15-12(10(13)4-2)11-7-6-9-14-11/h6-7,9-10,12H,3-5,8,13H2,1-2H3. The zero-order chi connectivity index (χ0) is 11.1. The Morgan fingerprint density at radius 1 is 1.47 bits per heavy atom. The van der Waals surface area contributed by atoms with E-state index in [4.69, 9.17) is 5.73 Å². The van der Waals surface area contributed by atoms with Gasteiger partial charge in [0.05, 0.1) is 5.25 Å². The van der Waals surface area contributed by atoms with Crippen LogP contribution in [0.15, 0.2) is 17.5 Å². The Balaban J connectivity index is 2.54. The third kappa shape index (κ3) is 4.17. The number of rotatable bonds is 7. The van der Waals surface area contributed by atoms with E-state index in [2.05, 4.69) is 31.4 Å². The van der Waals surface area contributed by atoms with E-state index in [1.165, 1.54) is 23.5 Å².